The van der Waals surface area contributed by atoms with Gasteiger partial charge in [0.15, 0.2) is 5.82 Å². The number of halogens is 2. The molecule has 3 rings (SSSR count). The van der Waals surface area contributed by atoms with E-state index in [0.29, 0.717) is 24.6 Å². The lowest BCUT2D eigenvalue weighted by Crippen LogP contribution is -2.44. The molecule has 1 aromatic heterocycles. The van der Waals surface area contributed by atoms with Crippen LogP contribution < -0.4 is 10.6 Å². The van der Waals surface area contributed by atoms with Gasteiger partial charge in [0.05, 0.1) is 6.42 Å². The average molecular weight is 376 g/mol. The largest absolute Gasteiger partial charge is 0.344 e. The fourth-order valence-corrected chi connectivity index (χ4v) is 2.92. The zero-order valence-corrected chi connectivity index (χ0v) is 15.0. The summed E-state index contributed by atoms with van der Waals surface area (Å²) in [6.45, 7) is 1.90. The van der Waals surface area contributed by atoms with Crippen LogP contribution in [0.1, 0.15) is 49.8 Å². The van der Waals surface area contributed by atoms with E-state index in [-0.39, 0.29) is 17.9 Å². The van der Waals surface area contributed by atoms with E-state index in [2.05, 4.69) is 20.8 Å². The maximum atomic E-state index is 13.2. The number of carbonyl (C=O) groups is 2. The number of aromatic nitrogens is 2. The van der Waals surface area contributed by atoms with Gasteiger partial charge >= 0.3 is 0 Å². The third-order valence-electron chi connectivity index (χ3n) is 4.38. The van der Waals surface area contributed by atoms with Crippen LogP contribution in [0.4, 0.5) is 14.6 Å². The molecule has 144 valence electrons. The first-order chi connectivity index (χ1) is 12.9. The first kappa shape index (κ1) is 19.0. The number of rotatable bonds is 8. The number of anilines is 1. The van der Waals surface area contributed by atoms with Gasteiger partial charge in [-0.15, -0.1) is 0 Å². The molecule has 1 heterocycles. The maximum Gasteiger partial charge on any atom is 0.248 e. The Hall–Kier alpha value is -2.77. The normalized spacial score (nSPS) is 14.6. The smallest absolute Gasteiger partial charge is 0.248 e. The van der Waals surface area contributed by atoms with Crippen molar-refractivity contribution >= 4 is 17.6 Å². The second-order valence-electron chi connectivity index (χ2n) is 6.84. The quantitative estimate of drug-likeness (QED) is 0.662. The van der Waals surface area contributed by atoms with E-state index in [4.69, 9.17) is 0 Å². The third kappa shape index (κ3) is 5.35. The Balaban J connectivity index is 1.59. The van der Waals surface area contributed by atoms with Gasteiger partial charge in [0.25, 0.3) is 0 Å². The number of aromatic amines is 1. The summed E-state index contributed by atoms with van der Waals surface area (Å²) in [5.41, 5.74) is 1.21. The molecule has 2 amide bonds. The van der Waals surface area contributed by atoms with Crippen molar-refractivity contribution in [2.24, 2.45) is 0 Å². The second kappa shape index (κ2) is 8.28. The molecule has 27 heavy (non-hydrogen) atoms. The molecule has 1 aliphatic carbocycles. The summed E-state index contributed by atoms with van der Waals surface area (Å²) in [4.78, 5) is 24.7. The molecule has 6 nitrogen and oxygen atoms in total. The van der Waals surface area contributed by atoms with Gasteiger partial charge in [0, 0.05) is 23.7 Å². The Labute approximate surface area is 155 Å². The number of H-pyrrole nitrogens is 1. The Morgan fingerprint density at radius 2 is 1.93 bits per heavy atom. The SMILES string of the molecule is CCCC(NC(=O)Cc1cc(F)cc(F)c1)C(=O)Nc1cc(C2CC2)[nH]n1. The number of benzene rings is 1. The molecule has 1 aromatic carbocycles. The minimum absolute atomic E-state index is 0.210. The van der Waals surface area contributed by atoms with Crippen LogP contribution in [0.5, 0.6) is 0 Å². The van der Waals surface area contributed by atoms with E-state index in [0.717, 1.165) is 36.7 Å². The van der Waals surface area contributed by atoms with E-state index in [1.165, 1.54) is 0 Å². The number of hydrogen-bond acceptors (Lipinski definition) is 3. The predicted octanol–water partition coefficient (Wildman–Crippen LogP) is 3.03. The van der Waals surface area contributed by atoms with Gasteiger partial charge in [-0.3, -0.25) is 14.7 Å². The molecule has 0 radical (unpaired) electrons. The Morgan fingerprint density at radius 3 is 2.56 bits per heavy atom. The minimum Gasteiger partial charge on any atom is -0.344 e. The van der Waals surface area contributed by atoms with Crippen LogP contribution in [0, 0.1) is 11.6 Å². The average Bonchev–Trinajstić information content (AvgIpc) is 3.33. The van der Waals surface area contributed by atoms with Crippen molar-refractivity contribution in [3.05, 3.63) is 47.2 Å². The van der Waals surface area contributed by atoms with Gasteiger partial charge in [-0.05, 0) is 37.0 Å². The van der Waals surface area contributed by atoms with Crippen LogP contribution in [0.3, 0.4) is 0 Å². The minimum atomic E-state index is -0.748. The van der Waals surface area contributed by atoms with Crippen molar-refractivity contribution in [2.75, 3.05) is 5.32 Å². The van der Waals surface area contributed by atoms with Crippen molar-refractivity contribution in [1.29, 1.82) is 0 Å². The zero-order chi connectivity index (χ0) is 19.4. The number of nitrogens with one attached hydrogen (secondary N) is 3. The van der Waals surface area contributed by atoms with Crippen LogP contribution >= 0.6 is 0 Å². The van der Waals surface area contributed by atoms with E-state index in [9.17, 15) is 18.4 Å². The molecule has 0 aliphatic heterocycles. The Morgan fingerprint density at radius 1 is 1.22 bits per heavy atom. The molecule has 0 spiro atoms. The highest BCUT2D eigenvalue weighted by Crippen LogP contribution is 2.39. The summed E-state index contributed by atoms with van der Waals surface area (Å²) in [5.74, 6) is -1.43. The Kier molecular flexibility index (Phi) is 5.83. The molecule has 2 aromatic rings. The van der Waals surface area contributed by atoms with Gasteiger partial charge in [-0.1, -0.05) is 13.3 Å². The number of amides is 2. The van der Waals surface area contributed by atoms with E-state index in [1.54, 1.807) is 6.07 Å². The fraction of sp³-hybridized carbons (Fsp3) is 0.421. The lowest BCUT2D eigenvalue weighted by Gasteiger charge is -2.17. The molecule has 1 aliphatic rings. The van der Waals surface area contributed by atoms with E-state index >= 15 is 0 Å². The molecule has 3 N–H and O–H groups in total. The predicted molar refractivity (Wildman–Crippen MR) is 96.1 cm³/mol. The van der Waals surface area contributed by atoms with Crippen molar-refractivity contribution < 1.29 is 18.4 Å². The highest BCUT2D eigenvalue weighted by molar-refractivity contribution is 5.96. The van der Waals surface area contributed by atoms with Crippen molar-refractivity contribution in [3.8, 4) is 0 Å². The lowest BCUT2D eigenvalue weighted by atomic mass is 10.1. The summed E-state index contributed by atoms with van der Waals surface area (Å²) in [6.07, 6.45) is 3.14. The van der Waals surface area contributed by atoms with Gasteiger partial charge in [0.1, 0.15) is 17.7 Å². The molecule has 1 fully saturated rings. The molecule has 8 heteroatoms. The first-order valence-corrected chi connectivity index (χ1v) is 9.05. The molecule has 1 atom stereocenters. The molecular weight excluding hydrogens is 354 g/mol. The monoisotopic (exact) mass is 376 g/mol. The van der Waals surface area contributed by atoms with E-state index in [1.807, 2.05) is 6.92 Å². The van der Waals surface area contributed by atoms with E-state index < -0.39 is 23.6 Å². The summed E-state index contributed by atoms with van der Waals surface area (Å²) >= 11 is 0. The van der Waals surface area contributed by atoms with Crippen molar-refractivity contribution in [1.82, 2.24) is 15.5 Å². The summed E-state index contributed by atoms with van der Waals surface area (Å²) < 4.78 is 26.5. The summed E-state index contributed by atoms with van der Waals surface area (Å²) in [5, 5.41) is 12.3. The number of nitrogens with zero attached hydrogens (tertiary/aromatic N) is 1. The molecule has 0 bridgehead atoms. The van der Waals surface area contributed by atoms with Crippen molar-refractivity contribution in [3.63, 3.8) is 0 Å². The molecule has 0 saturated heterocycles. The molecular formula is C19H22F2N4O2. The van der Waals surface area contributed by atoms with Crippen LogP contribution in [-0.2, 0) is 16.0 Å². The van der Waals surface area contributed by atoms with Gasteiger partial charge < -0.3 is 10.6 Å². The van der Waals surface area contributed by atoms with Gasteiger partial charge in [-0.2, -0.15) is 5.10 Å². The zero-order valence-electron chi connectivity index (χ0n) is 15.0. The lowest BCUT2D eigenvalue weighted by molar-refractivity contribution is -0.126. The molecule has 1 unspecified atom stereocenters. The first-order valence-electron chi connectivity index (χ1n) is 9.05. The topological polar surface area (TPSA) is 86.9 Å². The van der Waals surface area contributed by atoms with Crippen LogP contribution in [0.15, 0.2) is 24.3 Å². The standard InChI is InChI=1S/C19H22F2N4O2/c1-2-3-15(19(27)23-17-10-16(24-25-17)12-4-5-12)22-18(26)8-11-6-13(20)9-14(21)7-11/h6-7,9-10,12,15H,2-5,8H2,1H3,(H,22,26)(H2,23,24,25,27). The fourth-order valence-electron chi connectivity index (χ4n) is 2.92. The highest BCUT2D eigenvalue weighted by Gasteiger charge is 2.26. The molecule has 1 saturated carbocycles. The summed E-state index contributed by atoms with van der Waals surface area (Å²) in [6, 6.07) is 3.99. The van der Waals surface area contributed by atoms with Crippen LogP contribution in [-0.4, -0.2) is 28.1 Å². The van der Waals surface area contributed by atoms with Crippen LogP contribution in [0.25, 0.3) is 0 Å². The van der Waals surface area contributed by atoms with Gasteiger partial charge in [-0.25, -0.2) is 8.78 Å². The van der Waals surface area contributed by atoms with Crippen LogP contribution in [0.2, 0.25) is 0 Å². The third-order valence-corrected chi connectivity index (χ3v) is 4.38. The Bertz CT molecular complexity index is 813. The highest BCUT2D eigenvalue weighted by atomic mass is 19.1. The summed E-state index contributed by atoms with van der Waals surface area (Å²) in [7, 11) is 0. The number of hydrogen-bond donors (Lipinski definition) is 3. The van der Waals surface area contributed by atoms with Crippen molar-refractivity contribution in [2.45, 2.75) is 51.0 Å². The number of carbonyl (C=O) groups excluding carboxylic acids is 2. The second-order valence-corrected chi connectivity index (χ2v) is 6.84. The maximum absolute atomic E-state index is 13.2. The van der Waals surface area contributed by atoms with Gasteiger partial charge in [0.2, 0.25) is 11.8 Å².